The number of benzene rings is 1. The Labute approximate surface area is 120 Å². The second kappa shape index (κ2) is 5.53. The molecular weight excluding hydrogens is 286 g/mol. The van der Waals surface area contributed by atoms with Crippen molar-refractivity contribution in [2.24, 2.45) is 0 Å². The summed E-state index contributed by atoms with van der Waals surface area (Å²) in [6, 6.07) is 1.66. The Kier molecular flexibility index (Phi) is 4.11. The van der Waals surface area contributed by atoms with Crippen LogP contribution < -0.4 is 4.90 Å². The van der Waals surface area contributed by atoms with Crippen LogP contribution in [0.15, 0.2) is 12.1 Å². The fraction of sp³-hybridized carbons (Fsp3) is 0.538. The van der Waals surface area contributed by atoms with Crippen molar-refractivity contribution in [2.75, 3.05) is 24.6 Å². The molecular formula is C13H16F2N2O4. The zero-order valence-electron chi connectivity index (χ0n) is 11.7. The van der Waals surface area contributed by atoms with Gasteiger partial charge in [0.1, 0.15) is 0 Å². The van der Waals surface area contributed by atoms with Crippen LogP contribution in [0.1, 0.15) is 13.8 Å². The molecule has 8 heteroatoms. The van der Waals surface area contributed by atoms with Crippen molar-refractivity contribution in [2.45, 2.75) is 25.6 Å². The molecule has 1 saturated heterocycles. The van der Waals surface area contributed by atoms with E-state index < -0.39 is 39.6 Å². The number of nitro groups is 1. The lowest BCUT2D eigenvalue weighted by atomic mass is 10.0. The van der Waals surface area contributed by atoms with Crippen molar-refractivity contribution < 1.29 is 23.5 Å². The van der Waals surface area contributed by atoms with Crippen LogP contribution in [0.4, 0.5) is 20.2 Å². The second-order valence-corrected chi connectivity index (χ2v) is 5.55. The van der Waals surface area contributed by atoms with Gasteiger partial charge >= 0.3 is 0 Å². The minimum Gasteiger partial charge on any atom is -0.394 e. The van der Waals surface area contributed by atoms with E-state index in [0.717, 1.165) is 12.1 Å². The Morgan fingerprint density at radius 1 is 1.52 bits per heavy atom. The first-order valence-electron chi connectivity index (χ1n) is 6.41. The van der Waals surface area contributed by atoms with Gasteiger partial charge in [-0.3, -0.25) is 10.1 Å². The summed E-state index contributed by atoms with van der Waals surface area (Å²) in [6.45, 7) is 3.30. The number of ether oxygens (including phenoxy) is 1. The summed E-state index contributed by atoms with van der Waals surface area (Å²) in [5.41, 5.74) is -1.67. The molecule has 1 N–H and O–H groups in total. The summed E-state index contributed by atoms with van der Waals surface area (Å²) in [5, 5.41) is 20.3. The number of rotatable bonds is 3. The Morgan fingerprint density at radius 2 is 2.19 bits per heavy atom. The average Bonchev–Trinajstić information content (AvgIpc) is 2.39. The molecule has 0 amide bonds. The van der Waals surface area contributed by atoms with E-state index in [-0.39, 0.29) is 19.7 Å². The summed E-state index contributed by atoms with van der Waals surface area (Å²) in [7, 11) is 0. The first-order valence-corrected chi connectivity index (χ1v) is 6.41. The molecule has 2 rings (SSSR count). The van der Waals surface area contributed by atoms with Gasteiger partial charge in [0, 0.05) is 19.2 Å². The maximum Gasteiger partial charge on any atom is 0.295 e. The molecule has 0 radical (unpaired) electrons. The third-order valence-electron chi connectivity index (χ3n) is 3.25. The van der Waals surface area contributed by atoms with Crippen molar-refractivity contribution in [1.29, 1.82) is 0 Å². The summed E-state index contributed by atoms with van der Waals surface area (Å²) in [6.07, 6.45) is -0.629. The highest BCUT2D eigenvalue weighted by molar-refractivity contribution is 5.65. The molecule has 1 unspecified atom stereocenters. The lowest BCUT2D eigenvalue weighted by Crippen LogP contribution is -2.54. The molecule has 116 valence electrons. The fourth-order valence-electron chi connectivity index (χ4n) is 2.54. The molecule has 0 aliphatic carbocycles. The van der Waals surface area contributed by atoms with E-state index in [1.54, 1.807) is 13.8 Å². The number of halogens is 2. The SMILES string of the molecule is CC1(C)CN(c2c([N+](=O)[O-])ccc(F)c2F)CC(CO)O1. The zero-order chi connectivity index (χ0) is 15.8. The first kappa shape index (κ1) is 15.6. The van der Waals surface area contributed by atoms with E-state index in [4.69, 9.17) is 4.74 Å². The van der Waals surface area contributed by atoms with Gasteiger partial charge < -0.3 is 14.7 Å². The van der Waals surface area contributed by atoms with Gasteiger partial charge in [0.2, 0.25) is 0 Å². The number of aliphatic hydroxyl groups is 1. The van der Waals surface area contributed by atoms with Crippen LogP contribution in [0.5, 0.6) is 0 Å². The maximum absolute atomic E-state index is 14.1. The Morgan fingerprint density at radius 3 is 2.76 bits per heavy atom. The molecule has 21 heavy (non-hydrogen) atoms. The van der Waals surface area contributed by atoms with E-state index in [1.165, 1.54) is 4.90 Å². The number of nitrogens with zero attached hydrogens (tertiary/aromatic N) is 2. The molecule has 6 nitrogen and oxygen atoms in total. The number of hydrogen-bond acceptors (Lipinski definition) is 5. The second-order valence-electron chi connectivity index (χ2n) is 5.55. The first-order chi connectivity index (χ1) is 9.75. The topological polar surface area (TPSA) is 75.8 Å². The molecule has 1 aliphatic rings. The van der Waals surface area contributed by atoms with Crippen LogP contribution in [0.25, 0.3) is 0 Å². The van der Waals surface area contributed by atoms with Crippen LogP contribution in [-0.2, 0) is 4.74 Å². The van der Waals surface area contributed by atoms with Gasteiger partial charge in [-0.15, -0.1) is 0 Å². The van der Waals surface area contributed by atoms with E-state index in [0.29, 0.717) is 0 Å². The van der Waals surface area contributed by atoms with E-state index in [1.807, 2.05) is 0 Å². The molecule has 0 spiro atoms. The third kappa shape index (κ3) is 3.11. The van der Waals surface area contributed by atoms with Crippen molar-refractivity contribution in [3.63, 3.8) is 0 Å². The smallest absolute Gasteiger partial charge is 0.295 e. The van der Waals surface area contributed by atoms with Crippen molar-refractivity contribution in [3.8, 4) is 0 Å². The number of anilines is 1. The van der Waals surface area contributed by atoms with Gasteiger partial charge in [0.15, 0.2) is 17.3 Å². The van der Waals surface area contributed by atoms with Gasteiger partial charge in [-0.1, -0.05) is 0 Å². The lowest BCUT2D eigenvalue weighted by molar-refractivity contribution is -0.384. The molecule has 1 aliphatic heterocycles. The van der Waals surface area contributed by atoms with Gasteiger partial charge in [-0.25, -0.2) is 8.78 Å². The molecule has 0 bridgehead atoms. The van der Waals surface area contributed by atoms with Crippen LogP contribution in [-0.4, -0.2) is 41.4 Å². The van der Waals surface area contributed by atoms with E-state index >= 15 is 0 Å². The normalized spacial score (nSPS) is 21.4. The molecule has 1 atom stereocenters. The maximum atomic E-state index is 14.1. The highest BCUT2D eigenvalue weighted by Crippen LogP contribution is 2.36. The molecule has 1 aromatic carbocycles. The van der Waals surface area contributed by atoms with Crippen molar-refractivity contribution >= 4 is 11.4 Å². The standard InChI is InChI=1S/C13H16F2N2O4/c1-13(2)7-16(5-8(6-18)21-13)12-10(17(19)20)4-3-9(14)11(12)15/h3-4,8,18H,5-7H2,1-2H3. The van der Waals surface area contributed by atoms with E-state index in [2.05, 4.69) is 0 Å². The van der Waals surface area contributed by atoms with Crippen molar-refractivity contribution in [1.82, 2.24) is 0 Å². The quantitative estimate of drug-likeness (QED) is 0.681. The van der Waals surface area contributed by atoms with Crippen molar-refractivity contribution in [3.05, 3.63) is 33.9 Å². The third-order valence-corrected chi connectivity index (χ3v) is 3.25. The van der Waals surface area contributed by atoms with Gasteiger partial charge in [-0.05, 0) is 19.9 Å². The van der Waals surface area contributed by atoms with Gasteiger partial charge in [0.05, 0.1) is 23.2 Å². The Hall–Kier alpha value is -1.80. The summed E-state index contributed by atoms with van der Waals surface area (Å²) in [5.74, 6) is -2.42. The number of hydrogen-bond donors (Lipinski definition) is 1. The minimum absolute atomic E-state index is 0.0428. The summed E-state index contributed by atoms with van der Waals surface area (Å²) >= 11 is 0. The average molecular weight is 302 g/mol. The number of nitro benzene ring substituents is 1. The Balaban J connectivity index is 2.49. The summed E-state index contributed by atoms with van der Waals surface area (Å²) < 4.78 is 33.1. The van der Waals surface area contributed by atoms with Gasteiger partial charge in [-0.2, -0.15) is 0 Å². The minimum atomic E-state index is -1.27. The Bertz CT molecular complexity index is 565. The number of morpholine rings is 1. The highest BCUT2D eigenvalue weighted by Gasteiger charge is 2.37. The van der Waals surface area contributed by atoms with E-state index in [9.17, 15) is 24.0 Å². The molecule has 1 heterocycles. The number of aliphatic hydroxyl groups excluding tert-OH is 1. The molecule has 0 saturated carbocycles. The molecule has 1 aromatic rings. The largest absolute Gasteiger partial charge is 0.394 e. The predicted molar refractivity (Wildman–Crippen MR) is 71.3 cm³/mol. The van der Waals surface area contributed by atoms with Crippen LogP contribution >= 0.6 is 0 Å². The van der Waals surface area contributed by atoms with Gasteiger partial charge in [0.25, 0.3) is 5.69 Å². The van der Waals surface area contributed by atoms with Crippen LogP contribution in [0.3, 0.4) is 0 Å². The summed E-state index contributed by atoms with van der Waals surface area (Å²) in [4.78, 5) is 11.6. The molecule has 1 fully saturated rings. The zero-order valence-corrected chi connectivity index (χ0v) is 11.7. The monoisotopic (exact) mass is 302 g/mol. The van der Waals surface area contributed by atoms with Crippen LogP contribution in [0, 0.1) is 21.7 Å². The fourth-order valence-corrected chi connectivity index (χ4v) is 2.54. The van der Waals surface area contributed by atoms with Crippen LogP contribution in [0.2, 0.25) is 0 Å². The molecule has 0 aromatic heterocycles. The predicted octanol–water partition coefficient (Wildman–Crippen LogP) is 1.85. The highest BCUT2D eigenvalue weighted by atomic mass is 19.2. The lowest BCUT2D eigenvalue weighted by Gasteiger charge is -2.43.